The maximum absolute atomic E-state index is 8.34. The number of furan rings is 1. The molecule has 0 N–H and O–H groups in total. The normalized spacial score (nSPS) is 12.4. The molecule has 0 aliphatic heterocycles. The van der Waals surface area contributed by atoms with E-state index in [0.717, 1.165) is 75.5 Å². The van der Waals surface area contributed by atoms with Crippen LogP contribution in [0.5, 0.6) is 0 Å². The Labute approximate surface area is 296 Å². The number of thiophene rings is 1. The Bertz CT molecular complexity index is 2970. The van der Waals surface area contributed by atoms with E-state index in [9.17, 15) is 0 Å². The third-order valence-electron chi connectivity index (χ3n) is 9.16. The SMILES string of the molecule is [2H]c1cc(-c2cc(-c3cccc4sc5cc(-c6nc(-c7ccccc7)nc(-c7ccccc7)n6)ccc5c34)c3c(c2)oc2ccccc23)cc([2H])c1[2H]. The van der Waals surface area contributed by atoms with Gasteiger partial charge in [-0.2, -0.15) is 0 Å². The van der Waals surface area contributed by atoms with Crippen LogP contribution < -0.4 is 0 Å². The molecule has 0 saturated heterocycles. The number of hydrogen-bond acceptors (Lipinski definition) is 5. The first-order valence-electron chi connectivity index (χ1n) is 17.8. The molecule has 0 radical (unpaired) electrons. The third-order valence-corrected chi connectivity index (χ3v) is 10.3. The number of hydrogen-bond donors (Lipinski definition) is 0. The van der Waals surface area contributed by atoms with Crippen LogP contribution in [0.25, 0.3) is 98.5 Å². The van der Waals surface area contributed by atoms with Crippen molar-refractivity contribution < 1.29 is 8.53 Å². The largest absolute Gasteiger partial charge is 0.456 e. The summed E-state index contributed by atoms with van der Waals surface area (Å²) < 4.78 is 33.5. The summed E-state index contributed by atoms with van der Waals surface area (Å²) in [7, 11) is 0. The van der Waals surface area contributed by atoms with Crippen LogP contribution in [0.4, 0.5) is 0 Å². The fourth-order valence-electron chi connectivity index (χ4n) is 6.84. The van der Waals surface area contributed by atoms with Crippen LogP contribution in [0.15, 0.2) is 168 Å². The van der Waals surface area contributed by atoms with E-state index in [4.69, 9.17) is 23.5 Å². The lowest BCUT2D eigenvalue weighted by atomic mass is 9.92. The van der Waals surface area contributed by atoms with Gasteiger partial charge >= 0.3 is 0 Å². The molecule has 0 aliphatic rings. The highest BCUT2D eigenvalue weighted by molar-refractivity contribution is 7.26. The Morgan fingerprint density at radius 1 is 0.420 bits per heavy atom. The second kappa shape index (κ2) is 11.6. The predicted octanol–water partition coefficient (Wildman–Crippen LogP) is 12.5. The van der Waals surface area contributed by atoms with Gasteiger partial charge in [0.05, 0.1) is 4.11 Å². The summed E-state index contributed by atoms with van der Waals surface area (Å²) in [6, 6.07) is 48.3. The van der Waals surface area contributed by atoms with Crippen molar-refractivity contribution >= 4 is 53.4 Å². The number of benzene rings is 7. The van der Waals surface area contributed by atoms with Crippen molar-refractivity contribution in [2.75, 3.05) is 0 Å². The van der Waals surface area contributed by atoms with E-state index in [0.29, 0.717) is 23.0 Å². The predicted molar refractivity (Wildman–Crippen MR) is 207 cm³/mol. The smallest absolute Gasteiger partial charge is 0.164 e. The first kappa shape index (κ1) is 25.6. The number of rotatable bonds is 5. The Kier molecular flexibility index (Phi) is 5.94. The van der Waals surface area contributed by atoms with E-state index in [1.54, 1.807) is 23.5 Å². The van der Waals surface area contributed by atoms with Gasteiger partial charge in [0.1, 0.15) is 11.2 Å². The van der Waals surface area contributed by atoms with Crippen LogP contribution in [0.2, 0.25) is 0 Å². The van der Waals surface area contributed by atoms with Crippen LogP contribution in [0.1, 0.15) is 4.11 Å². The molecule has 0 amide bonds. The molecular weight excluding hydrogens is 631 g/mol. The van der Waals surface area contributed by atoms with Crippen molar-refractivity contribution in [1.82, 2.24) is 15.0 Å². The molecule has 10 aromatic rings. The zero-order chi connectivity index (χ0) is 35.6. The topological polar surface area (TPSA) is 51.8 Å². The first-order chi connectivity index (χ1) is 26.0. The molecule has 0 saturated carbocycles. The molecule has 10 rings (SSSR count). The molecule has 5 heteroatoms. The van der Waals surface area contributed by atoms with Gasteiger partial charge in [-0.1, -0.05) is 133 Å². The number of aromatic nitrogens is 3. The molecule has 3 heterocycles. The average Bonchev–Trinajstić information content (AvgIpc) is 3.78. The maximum Gasteiger partial charge on any atom is 0.164 e. The van der Waals surface area contributed by atoms with Gasteiger partial charge in [0, 0.05) is 47.6 Å². The van der Waals surface area contributed by atoms with Crippen LogP contribution >= 0.6 is 11.3 Å². The van der Waals surface area contributed by atoms with Crippen LogP contribution in [0.3, 0.4) is 0 Å². The van der Waals surface area contributed by atoms with E-state index < -0.39 is 0 Å². The molecule has 7 aromatic carbocycles. The van der Waals surface area contributed by atoms with Crippen molar-refractivity contribution in [3.63, 3.8) is 0 Å². The summed E-state index contributed by atoms with van der Waals surface area (Å²) in [4.78, 5) is 14.8. The molecule has 234 valence electrons. The van der Waals surface area contributed by atoms with Gasteiger partial charge in [-0.05, 0) is 52.6 Å². The highest BCUT2D eigenvalue weighted by Crippen LogP contribution is 2.46. The van der Waals surface area contributed by atoms with Crippen molar-refractivity contribution in [1.29, 1.82) is 0 Å². The summed E-state index contributed by atoms with van der Waals surface area (Å²) in [5.41, 5.74) is 7.86. The Morgan fingerprint density at radius 2 is 1.10 bits per heavy atom. The fraction of sp³-hybridized carbons (Fsp3) is 0. The molecule has 0 atom stereocenters. The lowest BCUT2D eigenvalue weighted by molar-refractivity contribution is 0.669. The molecule has 0 bridgehead atoms. The van der Waals surface area contributed by atoms with Crippen molar-refractivity contribution in [2.24, 2.45) is 0 Å². The van der Waals surface area contributed by atoms with E-state index in [-0.39, 0.29) is 18.1 Å². The minimum absolute atomic E-state index is 0.0189. The molecule has 0 spiro atoms. The minimum Gasteiger partial charge on any atom is -0.456 e. The first-order valence-corrected chi connectivity index (χ1v) is 17.2. The van der Waals surface area contributed by atoms with Gasteiger partial charge in [0.15, 0.2) is 17.5 Å². The second-order valence-corrected chi connectivity index (χ2v) is 13.3. The molecule has 0 aliphatic carbocycles. The van der Waals surface area contributed by atoms with Crippen molar-refractivity contribution in [3.8, 4) is 56.4 Å². The van der Waals surface area contributed by atoms with Gasteiger partial charge < -0.3 is 4.42 Å². The highest BCUT2D eigenvalue weighted by atomic mass is 32.1. The molecule has 4 nitrogen and oxygen atoms in total. The van der Waals surface area contributed by atoms with Gasteiger partial charge in [-0.25, -0.2) is 15.0 Å². The number of para-hydroxylation sites is 1. The lowest BCUT2D eigenvalue weighted by Gasteiger charge is -2.11. The van der Waals surface area contributed by atoms with Crippen molar-refractivity contribution in [2.45, 2.75) is 0 Å². The molecular formula is C45H27N3OS. The summed E-state index contributed by atoms with van der Waals surface area (Å²) in [5.74, 6) is 1.85. The van der Waals surface area contributed by atoms with Gasteiger partial charge in [0.2, 0.25) is 0 Å². The van der Waals surface area contributed by atoms with Crippen LogP contribution in [-0.2, 0) is 0 Å². The number of nitrogens with zero attached hydrogens (tertiary/aromatic N) is 3. The Morgan fingerprint density at radius 3 is 1.84 bits per heavy atom. The zero-order valence-electron chi connectivity index (χ0n) is 29.5. The van der Waals surface area contributed by atoms with Crippen LogP contribution in [0, 0.1) is 0 Å². The third kappa shape index (κ3) is 4.79. The zero-order valence-corrected chi connectivity index (χ0v) is 27.3. The summed E-state index contributed by atoms with van der Waals surface area (Å²) in [5, 5.41) is 4.29. The van der Waals surface area contributed by atoms with Crippen molar-refractivity contribution in [3.05, 3.63) is 164 Å². The summed E-state index contributed by atoms with van der Waals surface area (Å²) >= 11 is 1.73. The Hall–Kier alpha value is -6.43. The van der Waals surface area contributed by atoms with E-state index >= 15 is 0 Å². The molecule has 3 aromatic heterocycles. The summed E-state index contributed by atoms with van der Waals surface area (Å²) in [6.07, 6.45) is 0. The second-order valence-electron chi connectivity index (χ2n) is 12.2. The van der Waals surface area contributed by atoms with E-state index in [1.165, 1.54) is 0 Å². The molecule has 0 fully saturated rings. The standard InChI is InChI=1S/C45H27N3OS/c1-4-13-28(14-5-1)32-25-36(41-34-19-10-11-21-37(34)49-38(41)26-32)33-20-12-22-39-42(33)35-24-23-31(27-40(35)50-39)45-47-43(29-15-6-2-7-16-29)46-44(48-45)30-17-8-3-9-18-30/h1-27H/i1D,4D,5D. The van der Waals surface area contributed by atoms with E-state index in [1.807, 2.05) is 84.9 Å². The monoisotopic (exact) mass is 660 g/mol. The quantitative estimate of drug-likeness (QED) is 0.184. The van der Waals surface area contributed by atoms with E-state index in [2.05, 4.69) is 48.5 Å². The van der Waals surface area contributed by atoms with Crippen LogP contribution in [-0.4, -0.2) is 15.0 Å². The lowest BCUT2D eigenvalue weighted by Crippen LogP contribution is -1.99. The number of fused-ring (bicyclic) bond motifs is 6. The fourth-order valence-corrected chi connectivity index (χ4v) is 8.01. The Balaban J connectivity index is 1.18. The van der Waals surface area contributed by atoms with Gasteiger partial charge in [-0.15, -0.1) is 11.3 Å². The highest BCUT2D eigenvalue weighted by Gasteiger charge is 2.20. The minimum atomic E-state index is -0.0857. The average molecular weight is 661 g/mol. The molecule has 50 heavy (non-hydrogen) atoms. The van der Waals surface area contributed by atoms with Gasteiger partial charge in [0.25, 0.3) is 0 Å². The summed E-state index contributed by atoms with van der Waals surface area (Å²) in [6.45, 7) is 0. The maximum atomic E-state index is 8.34. The van der Waals surface area contributed by atoms with Gasteiger partial charge in [-0.3, -0.25) is 0 Å². The molecule has 0 unspecified atom stereocenters.